The van der Waals surface area contributed by atoms with Crippen LogP contribution in [0.5, 0.6) is 0 Å². The molecule has 0 spiro atoms. The van der Waals surface area contributed by atoms with E-state index in [2.05, 4.69) is 5.32 Å². The maximum atomic E-state index is 11.2. The number of anilines is 2. The lowest BCUT2D eigenvalue weighted by molar-refractivity contribution is 0.100. The van der Waals surface area contributed by atoms with E-state index in [1.165, 1.54) is 25.7 Å². The molecule has 5 N–H and O–H groups in total. The number of nitrogens with one attached hydrogen (secondary N) is 1. The fraction of sp³-hybridized carbons (Fsp3) is 0.500. The number of primary amides is 1. The van der Waals surface area contributed by atoms with Gasteiger partial charge in [0.25, 0.3) is 0 Å². The zero-order valence-corrected chi connectivity index (χ0v) is 10.4. The summed E-state index contributed by atoms with van der Waals surface area (Å²) in [7, 11) is 0. The van der Waals surface area contributed by atoms with Gasteiger partial charge in [0.15, 0.2) is 0 Å². The van der Waals surface area contributed by atoms with E-state index in [1.54, 1.807) is 18.2 Å². The van der Waals surface area contributed by atoms with Crippen molar-refractivity contribution in [3.8, 4) is 0 Å². The van der Waals surface area contributed by atoms with Gasteiger partial charge >= 0.3 is 0 Å². The van der Waals surface area contributed by atoms with Crippen LogP contribution in [0.3, 0.4) is 0 Å². The fourth-order valence-electron chi connectivity index (χ4n) is 2.55. The van der Waals surface area contributed by atoms with Crippen molar-refractivity contribution in [3.05, 3.63) is 23.8 Å². The lowest BCUT2D eigenvalue weighted by Crippen LogP contribution is -2.25. The van der Waals surface area contributed by atoms with Gasteiger partial charge in [-0.1, -0.05) is 0 Å². The van der Waals surface area contributed by atoms with Crippen LogP contribution in [0.1, 0.15) is 36.0 Å². The largest absolute Gasteiger partial charge is 0.397 e. The highest BCUT2D eigenvalue weighted by Crippen LogP contribution is 2.46. The molecule has 0 radical (unpaired) electrons. The molecule has 0 aliphatic heterocycles. The molecule has 96 valence electrons. The molecule has 18 heavy (non-hydrogen) atoms. The van der Waals surface area contributed by atoms with Crippen LogP contribution in [0.15, 0.2) is 18.2 Å². The number of carbonyl (C=O) groups is 1. The first kappa shape index (κ1) is 11.4. The molecule has 2 fully saturated rings. The van der Waals surface area contributed by atoms with Gasteiger partial charge in [-0.05, 0) is 55.7 Å². The summed E-state index contributed by atoms with van der Waals surface area (Å²) in [5, 5.41) is 3.53. The van der Waals surface area contributed by atoms with Gasteiger partial charge in [-0.2, -0.15) is 0 Å². The Labute approximate surface area is 107 Å². The molecule has 1 aromatic carbocycles. The highest BCUT2D eigenvalue weighted by atomic mass is 16.1. The Balaban J connectivity index is 1.81. The molecule has 3 rings (SSSR count). The Bertz CT molecular complexity index is 466. The second-order valence-corrected chi connectivity index (χ2v) is 5.51. The molecule has 0 atom stereocenters. The molecular weight excluding hydrogens is 226 g/mol. The van der Waals surface area contributed by atoms with Crippen molar-refractivity contribution in [1.29, 1.82) is 0 Å². The first-order chi connectivity index (χ1) is 8.65. The summed E-state index contributed by atoms with van der Waals surface area (Å²) < 4.78 is 0. The van der Waals surface area contributed by atoms with Crippen LogP contribution in [-0.4, -0.2) is 11.9 Å². The van der Waals surface area contributed by atoms with Crippen LogP contribution in [-0.2, 0) is 0 Å². The van der Waals surface area contributed by atoms with Crippen molar-refractivity contribution in [2.45, 2.75) is 31.7 Å². The van der Waals surface area contributed by atoms with Crippen LogP contribution < -0.4 is 16.8 Å². The van der Waals surface area contributed by atoms with Crippen LogP contribution in [0.2, 0.25) is 0 Å². The molecule has 0 unspecified atom stereocenters. The van der Waals surface area contributed by atoms with Gasteiger partial charge in [0, 0.05) is 11.6 Å². The number of hydrogen-bond donors (Lipinski definition) is 3. The molecule has 4 heteroatoms. The molecule has 0 bridgehead atoms. The molecule has 0 aromatic heterocycles. The Kier molecular flexibility index (Phi) is 2.65. The van der Waals surface area contributed by atoms with Gasteiger partial charge in [0.1, 0.15) is 0 Å². The van der Waals surface area contributed by atoms with E-state index < -0.39 is 5.91 Å². The number of hydrogen-bond acceptors (Lipinski definition) is 3. The third kappa shape index (κ3) is 2.28. The van der Waals surface area contributed by atoms with E-state index in [4.69, 9.17) is 11.5 Å². The SMILES string of the molecule is NC(=O)c1ccc(N)c(NC(C2CC2)C2CC2)c1. The van der Waals surface area contributed by atoms with E-state index in [1.807, 2.05) is 0 Å². The number of nitrogen functional groups attached to an aromatic ring is 1. The summed E-state index contributed by atoms with van der Waals surface area (Å²) >= 11 is 0. The van der Waals surface area contributed by atoms with Crippen molar-refractivity contribution in [1.82, 2.24) is 0 Å². The molecule has 0 heterocycles. The van der Waals surface area contributed by atoms with Gasteiger partial charge < -0.3 is 16.8 Å². The van der Waals surface area contributed by atoms with Crippen molar-refractivity contribution in [2.75, 3.05) is 11.1 Å². The number of nitrogens with two attached hydrogens (primary N) is 2. The number of benzene rings is 1. The Hall–Kier alpha value is -1.71. The number of carbonyl (C=O) groups excluding carboxylic acids is 1. The van der Waals surface area contributed by atoms with Crippen molar-refractivity contribution < 1.29 is 4.79 Å². The normalized spacial score (nSPS) is 18.9. The minimum atomic E-state index is -0.410. The van der Waals surface area contributed by atoms with Crippen LogP contribution in [0, 0.1) is 11.8 Å². The first-order valence-electron chi connectivity index (χ1n) is 6.61. The van der Waals surface area contributed by atoms with E-state index in [9.17, 15) is 4.79 Å². The Morgan fingerprint density at radius 1 is 1.22 bits per heavy atom. The zero-order chi connectivity index (χ0) is 12.7. The second kappa shape index (κ2) is 4.19. The number of rotatable bonds is 5. The van der Waals surface area contributed by atoms with E-state index >= 15 is 0 Å². The van der Waals surface area contributed by atoms with Crippen LogP contribution in [0.4, 0.5) is 11.4 Å². The maximum absolute atomic E-state index is 11.2. The smallest absolute Gasteiger partial charge is 0.248 e. The van der Waals surface area contributed by atoms with Gasteiger partial charge in [-0.3, -0.25) is 4.79 Å². The quantitative estimate of drug-likeness (QED) is 0.694. The average Bonchev–Trinajstić information content (AvgIpc) is 3.20. The third-order valence-corrected chi connectivity index (χ3v) is 3.92. The molecule has 2 aliphatic rings. The summed E-state index contributed by atoms with van der Waals surface area (Å²) in [6.45, 7) is 0. The van der Waals surface area contributed by atoms with E-state index in [0.29, 0.717) is 17.3 Å². The first-order valence-corrected chi connectivity index (χ1v) is 6.61. The minimum absolute atomic E-state index is 0.410. The fourth-order valence-corrected chi connectivity index (χ4v) is 2.55. The minimum Gasteiger partial charge on any atom is -0.397 e. The lowest BCUT2D eigenvalue weighted by atomic mass is 10.1. The number of amides is 1. The predicted octanol–water partition coefficient (Wildman–Crippen LogP) is 1.97. The van der Waals surface area contributed by atoms with Crippen molar-refractivity contribution in [3.63, 3.8) is 0 Å². The monoisotopic (exact) mass is 245 g/mol. The van der Waals surface area contributed by atoms with Gasteiger partial charge in [0.2, 0.25) is 5.91 Å². The molecule has 0 saturated heterocycles. The average molecular weight is 245 g/mol. The standard InChI is InChI=1S/C14H19N3O/c15-11-6-5-10(14(16)18)7-12(11)17-13(8-1-2-8)9-3-4-9/h5-9,13,17H,1-4,15H2,(H2,16,18). The maximum Gasteiger partial charge on any atom is 0.248 e. The lowest BCUT2D eigenvalue weighted by Gasteiger charge is -2.20. The highest BCUT2D eigenvalue weighted by Gasteiger charge is 2.41. The summed E-state index contributed by atoms with van der Waals surface area (Å²) in [4.78, 5) is 11.2. The topological polar surface area (TPSA) is 81.1 Å². The molecule has 1 amide bonds. The van der Waals surface area contributed by atoms with Gasteiger partial charge in [0.05, 0.1) is 11.4 Å². The molecule has 4 nitrogen and oxygen atoms in total. The van der Waals surface area contributed by atoms with E-state index in [0.717, 1.165) is 17.5 Å². The predicted molar refractivity (Wildman–Crippen MR) is 72.2 cm³/mol. The van der Waals surface area contributed by atoms with Crippen LogP contribution in [0.25, 0.3) is 0 Å². The summed E-state index contributed by atoms with van der Waals surface area (Å²) in [6, 6.07) is 5.72. The molecule has 2 saturated carbocycles. The van der Waals surface area contributed by atoms with Crippen molar-refractivity contribution >= 4 is 17.3 Å². The molecule has 1 aromatic rings. The third-order valence-electron chi connectivity index (χ3n) is 3.92. The zero-order valence-electron chi connectivity index (χ0n) is 10.4. The van der Waals surface area contributed by atoms with Crippen molar-refractivity contribution in [2.24, 2.45) is 17.6 Å². The van der Waals surface area contributed by atoms with Gasteiger partial charge in [-0.25, -0.2) is 0 Å². The van der Waals surface area contributed by atoms with Crippen LogP contribution >= 0.6 is 0 Å². The Morgan fingerprint density at radius 2 is 1.83 bits per heavy atom. The highest BCUT2D eigenvalue weighted by molar-refractivity contribution is 5.94. The second-order valence-electron chi connectivity index (χ2n) is 5.51. The molecular formula is C14H19N3O. The summed E-state index contributed by atoms with van der Waals surface area (Å²) in [5.74, 6) is 1.16. The summed E-state index contributed by atoms with van der Waals surface area (Å²) in [6.07, 6.45) is 5.24. The Morgan fingerprint density at radius 3 is 2.33 bits per heavy atom. The summed E-state index contributed by atoms with van der Waals surface area (Å²) in [5.41, 5.74) is 13.3. The van der Waals surface area contributed by atoms with E-state index in [-0.39, 0.29) is 0 Å². The molecule has 2 aliphatic carbocycles. The van der Waals surface area contributed by atoms with Gasteiger partial charge in [-0.15, -0.1) is 0 Å².